The van der Waals surface area contributed by atoms with Crippen LogP contribution in [0.15, 0.2) is 54.2 Å². The number of amides is 1. The number of carbonyl (C=O) groups excluding carboxylic acids is 1. The van der Waals surface area contributed by atoms with Crippen LogP contribution in [0.25, 0.3) is 10.9 Å². The van der Waals surface area contributed by atoms with Gasteiger partial charge in [-0.3, -0.25) is 4.79 Å². The Balaban J connectivity index is 1.66. The number of rotatable bonds is 5. The summed E-state index contributed by atoms with van der Waals surface area (Å²) in [6.07, 6.45) is -1.44. The van der Waals surface area contributed by atoms with Gasteiger partial charge in [-0.2, -0.15) is 18.4 Å². The monoisotopic (exact) mass is 484 g/mol. The number of ether oxygens (including phenoxy) is 1. The lowest BCUT2D eigenvalue weighted by atomic mass is 9.98. The lowest BCUT2D eigenvalue weighted by molar-refractivity contribution is -0.141. The largest absolute Gasteiger partial charge is 0.497 e. The van der Waals surface area contributed by atoms with Crippen molar-refractivity contribution in [1.82, 2.24) is 10.3 Å². The van der Waals surface area contributed by atoms with Crippen molar-refractivity contribution >= 4 is 22.5 Å². The Kier molecular flexibility index (Phi) is 6.60. The van der Waals surface area contributed by atoms with Crippen molar-refractivity contribution in [1.29, 1.82) is 5.26 Å². The summed E-state index contributed by atoms with van der Waals surface area (Å²) in [5.41, 5.74) is -1.28. The number of pyridine rings is 1. The minimum absolute atomic E-state index is 0.0670. The summed E-state index contributed by atoms with van der Waals surface area (Å²) in [4.78, 5) is 16.2. The Bertz CT molecular complexity index is 1340. The molecule has 2 aromatic carbocycles. The van der Waals surface area contributed by atoms with Crippen molar-refractivity contribution < 1.29 is 27.1 Å². The lowest BCUT2D eigenvalue weighted by Gasteiger charge is -2.25. The Morgan fingerprint density at radius 1 is 1.20 bits per heavy atom. The van der Waals surface area contributed by atoms with E-state index >= 15 is 0 Å². The van der Waals surface area contributed by atoms with Gasteiger partial charge in [-0.1, -0.05) is 0 Å². The topological polar surface area (TPSA) is 87.0 Å². The van der Waals surface area contributed by atoms with E-state index in [0.29, 0.717) is 36.3 Å². The number of nitrogens with one attached hydrogen (secondary N) is 2. The predicted octanol–water partition coefficient (Wildman–Crippen LogP) is 5.55. The van der Waals surface area contributed by atoms with Crippen molar-refractivity contribution in [3.05, 3.63) is 76.9 Å². The number of anilines is 1. The molecule has 0 radical (unpaired) electrons. The summed E-state index contributed by atoms with van der Waals surface area (Å²) in [7, 11) is 1.52. The SMILES string of the molecule is COc1ccc(C(=O)NC2=C[C@@H](Nc3c(C#N)c(C(F)(F)F)nc4ccc(F)cc34)CCC2)cc1. The first-order valence-corrected chi connectivity index (χ1v) is 10.7. The molecule has 180 valence electrons. The second-order valence-corrected chi connectivity index (χ2v) is 8.00. The van der Waals surface area contributed by atoms with Crippen LogP contribution in [0.4, 0.5) is 23.2 Å². The van der Waals surface area contributed by atoms with Gasteiger partial charge in [0, 0.05) is 22.7 Å². The van der Waals surface area contributed by atoms with Crippen LogP contribution in [-0.4, -0.2) is 24.0 Å². The van der Waals surface area contributed by atoms with Crippen LogP contribution in [0.2, 0.25) is 0 Å². The molecule has 1 amide bonds. The summed E-state index contributed by atoms with van der Waals surface area (Å²) in [5.74, 6) is -0.402. The van der Waals surface area contributed by atoms with Crippen LogP contribution >= 0.6 is 0 Å². The van der Waals surface area contributed by atoms with Crippen LogP contribution in [-0.2, 0) is 6.18 Å². The fraction of sp³-hybridized carbons (Fsp3) is 0.240. The molecule has 1 aliphatic carbocycles. The first-order chi connectivity index (χ1) is 16.7. The number of benzene rings is 2. The number of alkyl halides is 3. The molecular formula is C25H20F4N4O2. The molecule has 0 spiro atoms. The zero-order valence-corrected chi connectivity index (χ0v) is 18.5. The van der Waals surface area contributed by atoms with E-state index < -0.39 is 29.3 Å². The van der Waals surface area contributed by atoms with Gasteiger partial charge in [0.15, 0.2) is 5.69 Å². The molecule has 4 rings (SSSR count). The van der Waals surface area contributed by atoms with E-state index in [0.717, 1.165) is 18.2 Å². The number of nitrogens with zero attached hydrogens (tertiary/aromatic N) is 2. The first kappa shape index (κ1) is 24.0. The number of allylic oxidation sites excluding steroid dienone is 1. The number of hydrogen-bond donors (Lipinski definition) is 2. The molecule has 2 N–H and O–H groups in total. The fourth-order valence-corrected chi connectivity index (χ4v) is 3.99. The maximum absolute atomic E-state index is 14.0. The van der Waals surface area contributed by atoms with Gasteiger partial charge >= 0.3 is 6.18 Å². The van der Waals surface area contributed by atoms with Crippen LogP contribution in [0.1, 0.15) is 40.9 Å². The van der Waals surface area contributed by atoms with E-state index in [4.69, 9.17) is 4.74 Å². The summed E-state index contributed by atoms with van der Waals surface area (Å²) in [5, 5.41) is 15.4. The van der Waals surface area contributed by atoms with Gasteiger partial charge in [0.25, 0.3) is 5.91 Å². The predicted molar refractivity (Wildman–Crippen MR) is 121 cm³/mol. The molecule has 10 heteroatoms. The van der Waals surface area contributed by atoms with Crippen LogP contribution < -0.4 is 15.4 Å². The third-order valence-corrected chi connectivity index (χ3v) is 5.65. The van der Waals surface area contributed by atoms with Crippen LogP contribution in [0, 0.1) is 17.1 Å². The molecule has 1 aliphatic rings. The smallest absolute Gasteiger partial charge is 0.434 e. The quantitative estimate of drug-likeness (QED) is 0.464. The van der Waals surface area contributed by atoms with Crippen molar-refractivity contribution in [2.45, 2.75) is 31.5 Å². The minimum atomic E-state index is -4.87. The summed E-state index contributed by atoms with van der Waals surface area (Å²) >= 11 is 0. The molecule has 1 heterocycles. The van der Waals surface area contributed by atoms with Crippen molar-refractivity contribution in [3.63, 3.8) is 0 Å². The van der Waals surface area contributed by atoms with Crippen molar-refractivity contribution in [2.24, 2.45) is 0 Å². The highest BCUT2D eigenvalue weighted by atomic mass is 19.4. The van der Waals surface area contributed by atoms with Crippen LogP contribution in [0.3, 0.4) is 0 Å². The number of halogens is 4. The third kappa shape index (κ3) is 5.19. The Morgan fingerprint density at radius 2 is 1.94 bits per heavy atom. The highest BCUT2D eigenvalue weighted by Gasteiger charge is 2.38. The Hall–Kier alpha value is -4.13. The maximum atomic E-state index is 14.0. The molecule has 0 unspecified atom stereocenters. The standard InChI is InChI=1S/C25H20F4N4O2/c1-35-18-8-5-14(6-9-18)24(34)32-17-4-2-3-16(12-17)31-22-19-11-15(26)7-10-21(19)33-23(20(22)13-30)25(27,28)29/h5-12,16H,2-4H2,1H3,(H,31,33)(H,32,34)/t16-/m0/s1. The highest BCUT2D eigenvalue weighted by Crippen LogP contribution is 2.38. The average molecular weight is 484 g/mol. The number of hydrogen-bond acceptors (Lipinski definition) is 5. The molecule has 0 aliphatic heterocycles. The average Bonchev–Trinajstić information content (AvgIpc) is 2.83. The molecule has 3 aromatic rings. The molecule has 0 bridgehead atoms. The molecule has 1 atom stereocenters. The summed E-state index contributed by atoms with van der Waals surface area (Å²) in [6, 6.07) is 10.8. The van der Waals surface area contributed by atoms with Gasteiger partial charge in [-0.05, 0) is 67.8 Å². The van der Waals surface area contributed by atoms with Crippen LogP contribution in [0.5, 0.6) is 5.75 Å². The Morgan fingerprint density at radius 3 is 2.60 bits per heavy atom. The number of fused-ring (bicyclic) bond motifs is 1. The lowest BCUT2D eigenvalue weighted by Crippen LogP contribution is -2.29. The summed E-state index contributed by atoms with van der Waals surface area (Å²) in [6.45, 7) is 0. The number of aromatic nitrogens is 1. The second kappa shape index (κ2) is 9.62. The van der Waals surface area contributed by atoms with E-state index in [1.807, 2.05) is 0 Å². The van der Waals surface area contributed by atoms with Gasteiger partial charge in [0.05, 0.1) is 18.3 Å². The molecule has 0 fully saturated rings. The van der Waals surface area contributed by atoms with Gasteiger partial charge in [-0.15, -0.1) is 0 Å². The van der Waals surface area contributed by atoms with Gasteiger partial charge < -0.3 is 15.4 Å². The summed E-state index contributed by atoms with van der Waals surface area (Å²) < 4.78 is 59.9. The minimum Gasteiger partial charge on any atom is -0.497 e. The Labute approximate surface area is 198 Å². The molecule has 0 saturated carbocycles. The van der Waals surface area contributed by atoms with E-state index in [-0.39, 0.29) is 22.5 Å². The zero-order chi connectivity index (χ0) is 25.2. The normalized spacial score (nSPS) is 15.8. The number of methoxy groups -OCH3 is 1. The molecule has 0 saturated heterocycles. The van der Waals surface area contributed by atoms with E-state index in [2.05, 4.69) is 15.6 Å². The second-order valence-electron chi connectivity index (χ2n) is 8.00. The first-order valence-electron chi connectivity index (χ1n) is 10.7. The molecule has 6 nitrogen and oxygen atoms in total. The molecular weight excluding hydrogens is 464 g/mol. The number of nitriles is 1. The third-order valence-electron chi connectivity index (χ3n) is 5.65. The van der Waals surface area contributed by atoms with E-state index in [9.17, 15) is 27.6 Å². The zero-order valence-electron chi connectivity index (χ0n) is 18.5. The van der Waals surface area contributed by atoms with Gasteiger partial charge in [0.1, 0.15) is 23.2 Å². The number of carbonyl (C=O) groups is 1. The maximum Gasteiger partial charge on any atom is 0.434 e. The van der Waals surface area contributed by atoms with Gasteiger partial charge in [0.2, 0.25) is 0 Å². The molecule has 35 heavy (non-hydrogen) atoms. The van der Waals surface area contributed by atoms with E-state index in [1.54, 1.807) is 36.4 Å². The highest BCUT2D eigenvalue weighted by molar-refractivity contribution is 5.96. The van der Waals surface area contributed by atoms with E-state index in [1.165, 1.54) is 7.11 Å². The van der Waals surface area contributed by atoms with Crippen molar-refractivity contribution in [3.8, 4) is 11.8 Å². The molecule has 1 aromatic heterocycles. The van der Waals surface area contributed by atoms with Crippen molar-refractivity contribution in [2.75, 3.05) is 12.4 Å². The fourth-order valence-electron chi connectivity index (χ4n) is 3.99. The van der Waals surface area contributed by atoms with Gasteiger partial charge in [-0.25, -0.2) is 9.37 Å².